The SMILES string of the molecule is CN(C)C(=O)Cc1ccccc1NN=C(C#N)C#N. The van der Waals surface area contributed by atoms with Gasteiger partial charge in [0.25, 0.3) is 0 Å². The molecule has 0 aliphatic rings. The summed E-state index contributed by atoms with van der Waals surface area (Å²) in [5.74, 6) is -0.0426. The third-order valence-corrected chi connectivity index (χ3v) is 2.36. The maximum atomic E-state index is 11.7. The number of nitrogens with one attached hydrogen (secondary N) is 1. The highest BCUT2D eigenvalue weighted by molar-refractivity contribution is 6.10. The Hall–Kier alpha value is -2.86. The van der Waals surface area contributed by atoms with Gasteiger partial charge in [0, 0.05) is 14.1 Å². The fourth-order valence-corrected chi connectivity index (χ4v) is 1.30. The second-order valence-corrected chi connectivity index (χ2v) is 3.92. The molecule has 0 aliphatic carbocycles. The van der Waals surface area contributed by atoms with Crippen LogP contribution in [-0.4, -0.2) is 30.6 Å². The first-order valence-corrected chi connectivity index (χ1v) is 5.50. The second-order valence-electron chi connectivity index (χ2n) is 3.92. The van der Waals surface area contributed by atoms with Gasteiger partial charge in [0.15, 0.2) is 0 Å². The Bertz CT molecular complexity index is 561. The van der Waals surface area contributed by atoms with Crippen LogP contribution in [0.4, 0.5) is 5.69 Å². The second kappa shape index (κ2) is 6.77. The van der Waals surface area contributed by atoms with Crippen molar-refractivity contribution >= 4 is 17.3 Å². The Morgan fingerprint density at radius 2 is 1.95 bits per heavy atom. The summed E-state index contributed by atoms with van der Waals surface area (Å²) in [4.78, 5) is 13.2. The minimum absolute atomic E-state index is 0.0426. The van der Waals surface area contributed by atoms with Crippen molar-refractivity contribution in [3.8, 4) is 12.1 Å². The molecular formula is C13H13N5O. The zero-order chi connectivity index (χ0) is 14.3. The first kappa shape index (κ1) is 14.2. The van der Waals surface area contributed by atoms with E-state index in [2.05, 4.69) is 10.5 Å². The van der Waals surface area contributed by atoms with Gasteiger partial charge in [-0.3, -0.25) is 10.2 Å². The van der Waals surface area contributed by atoms with E-state index in [0.717, 1.165) is 5.56 Å². The van der Waals surface area contributed by atoms with E-state index in [4.69, 9.17) is 10.5 Å². The molecule has 0 aromatic heterocycles. The monoisotopic (exact) mass is 255 g/mol. The normalized spacial score (nSPS) is 8.84. The lowest BCUT2D eigenvalue weighted by atomic mass is 10.1. The van der Waals surface area contributed by atoms with E-state index in [1.54, 1.807) is 44.4 Å². The van der Waals surface area contributed by atoms with Crippen LogP contribution in [-0.2, 0) is 11.2 Å². The van der Waals surface area contributed by atoms with Crippen LogP contribution in [0, 0.1) is 22.7 Å². The summed E-state index contributed by atoms with van der Waals surface area (Å²) in [6.45, 7) is 0. The number of carbonyl (C=O) groups is 1. The van der Waals surface area contributed by atoms with Crippen molar-refractivity contribution in [1.29, 1.82) is 10.5 Å². The van der Waals surface area contributed by atoms with E-state index in [0.29, 0.717) is 5.69 Å². The number of likely N-dealkylation sites (N-methyl/N-ethyl adjacent to an activating group) is 1. The van der Waals surface area contributed by atoms with E-state index >= 15 is 0 Å². The lowest BCUT2D eigenvalue weighted by molar-refractivity contribution is -0.127. The van der Waals surface area contributed by atoms with E-state index < -0.39 is 0 Å². The maximum absolute atomic E-state index is 11.7. The number of nitrogens with zero attached hydrogens (tertiary/aromatic N) is 4. The molecule has 6 heteroatoms. The molecule has 0 aliphatic heterocycles. The molecule has 0 atom stereocenters. The number of anilines is 1. The van der Waals surface area contributed by atoms with Crippen LogP contribution in [0.1, 0.15) is 5.56 Å². The number of rotatable bonds is 4. The summed E-state index contributed by atoms with van der Waals surface area (Å²) in [5.41, 5.74) is 3.71. The minimum atomic E-state index is -0.270. The Morgan fingerprint density at radius 1 is 1.32 bits per heavy atom. The minimum Gasteiger partial charge on any atom is -0.349 e. The molecule has 1 aromatic rings. The van der Waals surface area contributed by atoms with Crippen molar-refractivity contribution in [2.45, 2.75) is 6.42 Å². The van der Waals surface area contributed by atoms with Gasteiger partial charge in [0.05, 0.1) is 12.1 Å². The average Bonchev–Trinajstić information content (AvgIpc) is 2.41. The number of benzene rings is 1. The molecule has 0 radical (unpaired) electrons. The fourth-order valence-electron chi connectivity index (χ4n) is 1.30. The first-order chi connectivity index (χ1) is 9.08. The maximum Gasteiger partial charge on any atom is 0.237 e. The van der Waals surface area contributed by atoms with Crippen LogP contribution in [0.5, 0.6) is 0 Å². The molecule has 19 heavy (non-hydrogen) atoms. The van der Waals surface area contributed by atoms with Crippen LogP contribution < -0.4 is 5.43 Å². The predicted octanol–water partition coefficient (Wildman–Crippen LogP) is 1.13. The van der Waals surface area contributed by atoms with Gasteiger partial charge >= 0.3 is 0 Å². The molecule has 0 spiro atoms. The van der Waals surface area contributed by atoms with E-state index in [1.165, 1.54) is 4.90 Å². The molecule has 1 rings (SSSR count). The topological polar surface area (TPSA) is 92.3 Å². The van der Waals surface area contributed by atoms with Crippen molar-refractivity contribution in [3.63, 3.8) is 0 Å². The lowest BCUT2D eigenvalue weighted by Crippen LogP contribution is -2.23. The quantitative estimate of drug-likeness (QED) is 0.644. The Kier molecular flexibility index (Phi) is 5.06. The van der Waals surface area contributed by atoms with Gasteiger partial charge in [0.2, 0.25) is 11.6 Å². The number of nitriles is 2. The van der Waals surface area contributed by atoms with Crippen LogP contribution >= 0.6 is 0 Å². The third-order valence-electron chi connectivity index (χ3n) is 2.36. The number of carbonyl (C=O) groups excluding carboxylic acids is 1. The molecule has 1 amide bonds. The fraction of sp³-hybridized carbons (Fsp3) is 0.231. The summed E-state index contributed by atoms with van der Waals surface area (Å²) in [6, 6.07) is 10.4. The average molecular weight is 255 g/mol. The van der Waals surface area contributed by atoms with Gasteiger partial charge in [-0.25, -0.2) is 0 Å². The number of hydrogen-bond acceptors (Lipinski definition) is 5. The van der Waals surface area contributed by atoms with Crippen LogP contribution in [0.15, 0.2) is 29.4 Å². The zero-order valence-corrected chi connectivity index (χ0v) is 10.7. The summed E-state index contributed by atoms with van der Waals surface area (Å²) < 4.78 is 0. The van der Waals surface area contributed by atoms with Crippen molar-refractivity contribution < 1.29 is 4.79 Å². The molecular weight excluding hydrogens is 242 g/mol. The first-order valence-electron chi connectivity index (χ1n) is 5.50. The Labute approximate surface area is 111 Å². The zero-order valence-electron chi connectivity index (χ0n) is 10.7. The molecule has 96 valence electrons. The molecule has 0 heterocycles. The number of hydrogen-bond donors (Lipinski definition) is 1. The van der Waals surface area contributed by atoms with Crippen molar-refractivity contribution in [2.75, 3.05) is 19.5 Å². The largest absolute Gasteiger partial charge is 0.349 e. The van der Waals surface area contributed by atoms with Crippen LogP contribution in [0.3, 0.4) is 0 Å². The summed E-state index contributed by atoms with van der Waals surface area (Å²) in [7, 11) is 3.36. The Balaban J connectivity index is 2.92. The van der Waals surface area contributed by atoms with Crippen LogP contribution in [0.2, 0.25) is 0 Å². The number of amides is 1. The summed E-state index contributed by atoms with van der Waals surface area (Å²) >= 11 is 0. The van der Waals surface area contributed by atoms with Gasteiger partial charge in [0.1, 0.15) is 12.1 Å². The van der Waals surface area contributed by atoms with Gasteiger partial charge in [-0.05, 0) is 11.6 Å². The van der Waals surface area contributed by atoms with Gasteiger partial charge in [-0.1, -0.05) is 18.2 Å². The van der Waals surface area contributed by atoms with Crippen molar-refractivity contribution in [2.24, 2.45) is 5.10 Å². The van der Waals surface area contributed by atoms with Gasteiger partial charge in [-0.2, -0.15) is 15.6 Å². The molecule has 1 N–H and O–H groups in total. The molecule has 1 aromatic carbocycles. The van der Waals surface area contributed by atoms with Gasteiger partial charge < -0.3 is 4.90 Å². The highest BCUT2D eigenvalue weighted by Gasteiger charge is 2.09. The highest BCUT2D eigenvalue weighted by atomic mass is 16.2. The summed E-state index contributed by atoms with van der Waals surface area (Å²) in [6.07, 6.45) is 0.222. The van der Waals surface area contributed by atoms with E-state index in [9.17, 15) is 4.79 Å². The van der Waals surface area contributed by atoms with Gasteiger partial charge in [-0.15, -0.1) is 0 Å². The predicted molar refractivity (Wildman–Crippen MR) is 71.1 cm³/mol. The molecule has 0 saturated heterocycles. The summed E-state index contributed by atoms with van der Waals surface area (Å²) in [5, 5.41) is 20.8. The van der Waals surface area contributed by atoms with Crippen molar-refractivity contribution in [3.05, 3.63) is 29.8 Å². The number of para-hydroxylation sites is 1. The highest BCUT2D eigenvalue weighted by Crippen LogP contribution is 2.16. The number of hydrazone groups is 1. The Morgan fingerprint density at radius 3 is 2.53 bits per heavy atom. The van der Waals surface area contributed by atoms with Crippen molar-refractivity contribution in [1.82, 2.24) is 4.90 Å². The molecule has 0 saturated carbocycles. The van der Waals surface area contributed by atoms with E-state index in [-0.39, 0.29) is 18.0 Å². The lowest BCUT2D eigenvalue weighted by Gasteiger charge is -2.12. The van der Waals surface area contributed by atoms with E-state index in [1.807, 2.05) is 6.07 Å². The van der Waals surface area contributed by atoms with Crippen LogP contribution in [0.25, 0.3) is 0 Å². The molecule has 0 fully saturated rings. The standard InChI is InChI=1S/C13H13N5O/c1-18(2)13(19)7-10-5-3-4-6-12(10)17-16-11(8-14)9-15/h3-6,17H,7H2,1-2H3. The third kappa shape index (κ3) is 4.14. The molecule has 0 bridgehead atoms. The molecule has 6 nitrogen and oxygen atoms in total. The molecule has 0 unspecified atom stereocenters. The smallest absolute Gasteiger partial charge is 0.237 e.